The molecule has 0 saturated carbocycles. The van der Waals surface area contributed by atoms with Crippen LogP contribution in [0.4, 0.5) is 0 Å². The predicted octanol–water partition coefficient (Wildman–Crippen LogP) is -3.37. The second-order valence-corrected chi connectivity index (χ2v) is 2.85. The van der Waals surface area contributed by atoms with Crippen molar-refractivity contribution in [3.05, 3.63) is 35.9 Å². The molecule has 0 unspecified atom stereocenters. The van der Waals surface area contributed by atoms with Gasteiger partial charge < -0.3 is 4.80 Å². The molecule has 0 fully saturated rings. The van der Waals surface area contributed by atoms with Crippen LogP contribution in [-0.2, 0) is 6.04 Å². The van der Waals surface area contributed by atoms with E-state index in [1.54, 1.807) is 0 Å². The first-order chi connectivity index (χ1) is 4.43. The van der Waals surface area contributed by atoms with E-state index in [-0.39, 0.29) is 51.4 Å². The average Bonchev–Trinajstić information content (AvgIpc) is 1.91. The molecule has 1 aromatic carbocycles. The molecule has 0 heterocycles. The molecule has 0 atom stereocenters. The normalized spacial score (nSPS) is 9.70. The van der Waals surface area contributed by atoms with Crippen molar-refractivity contribution in [3.8, 4) is 0 Å². The number of hydrogen-bond donors (Lipinski definition) is 0. The Labute approximate surface area is 106 Å². The zero-order valence-electron chi connectivity index (χ0n) is 6.21. The third-order valence-electron chi connectivity index (χ3n) is 1.23. The third kappa shape index (κ3) is 4.03. The van der Waals surface area contributed by atoms with Crippen molar-refractivity contribution in [1.29, 1.82) is 0 Å². The van der Waals surface area contributed by atoms with Crippen LogP contribution in [0, 0.1) is 0 Å². The van der Waals surface area contributed by atoms with E-state index < -0.39 is 9.76 Å². The molecular weight excluding hydrogens is 167 g/mol. The number of benzene rings is 1. The van der Waals surface area contributed by atoms with Gasteiger partial charge in [-0.1, -0.05) is 51.7 Å². The molecule has 0 radical (unpaired) electrons. The van der Waals surface area contributed by atoms with E-state index in [0.29, 0.717) is 0 Å². The fraction of sp³-hybridized carbons (Fsp3) is 0.143. The smallest absolute Gasteiger partial charge is 0.863 e. The molecule has 0 aliphatic carbocycles. The van der Waals surface area contributed by atoms with Crippen LogP contribution in [-0.4, -0.2) is 9.76 Å². The molecule has 0 aromatic heterocycles. The van der Waals surface area contributed by atoms with E-state index in [2.05, 4.69) is 0 Å². The third-order valence-corrected chi connectivity index (χ3v) is 2.02. The van der Waals surface area contributed by atoms with Crippen molar-refractivity contribution in [2.75, 3.05) is 0 Å². The molecule has 0 aliphatic heterocycles. The van der Waals surface area contributed by atoms with Crippen molar-refractivity contribution in [3.63, 3.8) is 0 Å². The summed E-state index contributed by atoms with van der Waals surface area (Å²) in [6.45, 7) is 0. The summed E-state index contributed by atoms with van der Waals surface area (Å²) in [5, 5.41) is 0. The Morgan fingerprint density at radius 3 is 2.30 bits per heavy atom. The van der Waals surface area contributed by atoms with Gasteiger partial charge in [0.05, 0.1) is 0 Å². The van der Waals surface area contributed by atoms with E-state index in [1.165, 1.54) is 5.56 Å². The van der Waals surface area contributed by atoms with Crippen LogP contribution in [0.5, 0.6) is 0 Å². The monoisotopic (exact) mass is 176 g/mol. The summed E-state index contributed by atoms with van der Waals surface area (Å²) in [4.78, 5) is 10.2. The zero-order valence-corrected chi connectivity index (χ0v) is 10.7. The van der Waals surface area contributed by atoms with Gasteiger partial charge in [-0.3, -0.25) is 0 Å². The Kier molecular flexibility index (Phi) is 7.42. The van der Waals surface area contributed by atoms with Gasteiger partial charge in [-0.2, -0.15) is 0 Å². The number of hydrogen-bond acceptors (Lipinski definition) is 1. The maximum atomic E-state index is 10.2. The summed E-state index contributed by atoms with van der Waals surface area (Å²) in [5.74, 6) is 0. The Morgan fingerprint density at radius 1 is 1.20 bits per heavy atom. The van der Waals surface area contributed by atoms with Gasteiger partial charge in [0.1, 0.15) is 0 Å². The van der Waals surface area contributed by atoms with Gasteiger partial charge >= 0.3 is 51.4 Å². The van der Waals surface area contributed by atoms with Gasteiger partial charge in [0.25, 0.3) is 0 Å². The van der Waals surface area contributed by atoms with Gasteiger partial charge in [0.15, 0.2) is 0 Å². The van der Waals surface area contributed by atoms with Gasteiger partial charge in [-0.15, -0.1) is 0 Å². The fourth-order valence-corrected chi connectivity index (χ4v) is 1.33. The van der Waals surface area contributed by atoms with Gasteiger partial charge in [0.2, 0.25) is 0 Å². The van der Waals surface area contributed by atoms with Crippen molar-refractivity contribution in [1.82, 2.24) is 0 Å². The molecule has 10 heavy (non-hydrogen) atoms. The van der Waals surface area contributed by atoms with Gasteiger partial charge in [-0.05, 0) is 0 Å². The van der Waals surface area contributed by atoms with E-state index in [1.807, 2.05) is 30.3 Å². The summed E-state index contributed by atoms with van der Waals surface area (Å²) >= 11 is 0. The van der Waals surface area contributed by atoms with E-state index in [9.17, 15) is 4.80 Å². The second-order valence-electron chi connectivity index (χ2n) is 1.94. The quantitative estimate of drug-likeness (QED) is 0.432. The molecule has 0 amide bonds. The predicted molar refractivity (Wildman–Crippen MR) is 38.7 cm³/mol. The van der Waals surface area contributed by atoms with Crippen LogP contribution in [0.3, 0.4) is 0 Å². The summed E-state index contributed by atoms with van der Waals surface area (Å²) in [6.07, 6.45) is 0. The van der Waals surface area contributed by atoms with E-state index in [0.717, 1.165) is 6.04 Å². The zero-order chi connectivity index (χ0) is 6.53. The molecule has 0 aliphatic rings. The first-order valence-corrected chi connectivity index (χ1v) is 4.63. The van der Waals surface area contributed by atoms with E-state index in [4.69, 9.17) is 0 Å². The van der Waals surface area contributed by atoms with Gasteiger partial charge in [0, 0.05) is 0 Å². The Balaban J connectivity index is 0.000000810. The van der Waals surface area contributed by atoms with Crippen LogP contribution in [0.15, 0.2) is 30.3 Å². The minimum atomic E-state index is -1.03. The van der Waals surface area contributed by atoms with Crippen LogP contribution >= 0.6 is 0 Å². The Bertz CT molecular complexity index is 167. The molecular formula is C7H9KOSi. The van der Waals surface area contributed by atoms with Crippen molar-refractivity contribution >= 4 is 9.76 Å². The Hall–Kier alpha value is 1.03. The average molecular weight is 176 g/mol. The first-order valence-electron chi connectivity index (χ1n) is 3.05. The first kappa shape index (κ1) is 11.0. The van der Waals surface area contributed by atoms with Crippen molar-refractivity contribution in [2.45, 2.75) is 6.04 Å². The molecule has 1 nitrogen and oxygen atoms in total. The SMILES string of the molecule is [K+].[O-][SiH2]Cc1ccccc1. The largest absolute Gasteiger partial charge is 1.00 e. The summed E-state index contributed by atoms with van der Waals surface area (Å²) in [5.41, 5.74) is 1.19. The topological polar surface area (TPSA) is 23.1 Å². The van der Waals surface area contributed by atoms with Crippen LogP contribution in [0.1, 0.15) is 5.56 Å². The molecule has 1 rings (SSSR count). The maximum absolute atomic E-state index is 10.2. The molecule has 1 aromatic rings. The fourth-order valence-electron chi connectivity index (χ4n) is 0.763. The molecule has 0 spiro atoms. The van der Waals surface area contributed by atoms with Gasteiger partial charge in [-0.25, -0.2) is 0 Å². The standard InChI is InChI=1S/C7H9OSi.K/c8-9-6-7-4-2-1-3-5-7;/h1-5H,6,9H2;/q-1;+1. The molecule has 48 valence electrons. The van der Waals surface area contributed by atoms with Crippen LogP contribution < -0.4 is 56.2 Å². The minimum absolute atomic E-state index is 0. The maximum Gasteiger partial charge on any atom is 1.00 e. The van der Waals surface area contributed by atoms with Crippen LogP contribution in [0.25, 0.3) is 0 Å². The molecule has 0 bridgehead atoms. The van der Waals surface area contributed by atoms with E-state index >= 15 is 0 Å². The molecule has 3 heteroatoms. The summed E-state index contributed by atoms with van der Waals surface area (Å²) < 4.78 is 0. The Morgan fingerprint density at radius 2 is 1.80 bits per heavy atom. The van der Waals surface area contributed by atoms with Crippen molar-refractivity contribution < 1.29 is 56.2 Å². The van der Waals surface area contributed by atoms with Crippen molar-refractivity contribution in [2.24, 2.45) is 0 Å². The second kappa shape index (κ2) is 6.73. The minimum Gasteiger partial charge on any atom is -0.863 e. The summed E-state index contributed by atoms with van der Waals surface area (Å²) in [7, 11) is -1.03. The molecule has 0 N–H and O–H groups in total. The summed E-state index contributed by atoms with van der Waals surface area (Å²) in [6, 6.07) is 10.7. The number of rotatable bonds is 2. The van der Waals surface area contributed by atoms with Crippen LogP contribution in [0.2, 0.25) is 0 Å². The molecule has 0 saturated heterocycles.